The third-order valence-corrected chi connectivity index (χ3v) is 7.60. The minimum absolute atomic E-state index is 0.0139. The average Bonchev–Trinajstić information content (AvgIpc) is 3.12. The number of aromatic nitrogens is 3. The van der Waals surface area contributed by atoms with E-state index in [1.54, 1.807) is 4.68 Å². The van der Waals surface area contributed by atoms with Crippen molar-refractivity contribution in [3.8, 4) is 0 Å². The van der Waals surface area contributed by atoms with Gasteiger partial charge in [0.15, 0.2) is 5.69 Å². The molecular formula is C26H35N5O3. The number of ether oxygens (including phenoxy) is 1. The third kappa shape index (κ3) is 5.02. The summed E-state index contributed by atoms with van der Waals surface area (Å²) in [7, 11) is 0. The van der Waals surface area contributed by atoms with E-state index < -0.39 is 0 Å². The quantitative estimate of drug-likeness (QED) is 0.698. The van der Waals surface area contributed by atoms with Crippen LogP contribution >= 0.6 is 0 Å². The van der Waals surface area contributed by atoms with E-state index in [2.05, 4.69) is 46.8 Å². The number of benzene rings is 1. The normalized spacial score (nSPS) is 22.1. The van der Waals surface area contributed by atoms with Crippen molar-refractivity contribution in [2.75, 3.05) is 13.1 Å². The van der Waals surface area contributed by atoms with Gasteiger partial charge in [0, 0.05) is 25.0 Å². The first-order chi connectivity index (χ1) is 16.6. The maximum absolute atomic E-state index is 13.2. The van der Waals surface area contributed by atoms with Crippen LogP contribution in [0.3, 0.4) is 0 Å². The number of hydrogen-bond acceptors (Lipinski definition) is 5. The number of amides is 2. The number of likely N-dealkylation sites (tertiary alicyclic amines) is 1. The summed E-state index contributed by atoms with van der Waals surface area (Å²) in [6, 6.07) is 8.62. The monoisotopic (exact) mass is 465 g/mol. The van der Waals surface area contributed by atoms with E-state index in [0.717, 1.165) is 24.1 Å². The van der Waals surface area contributed by atoms with Crippen molar-refractivity contribution in [3.05, 3.63) is 46.8 Å². The molecule has 2 aliphatic heterocycles. The van der Waals surface area contributed by atoms with Gasteiger partial charge in [0.25, 0.3) is 5.91 Å². The maximum Gasteiger partial charge on any atom is 0.276 e. The molecule has 1 aliphatic carbocycles. The van der Waals surface area contributed by atoms with Gasteiger partial charge in [-0.25, -0.2) is 4.68 Å². The van der Waals surface area contributed by atoms with Gasteiger partial charge in [0.2, 0.25) is 5.91 Å². The second-order valence-electron chi connectivity index (χ2n) is 10.0. The van der Waals surface area contributed by atoms with Crippen LogP contribution in [0.25, 0.3) is 0 Å². The number of nitrogens with one attached hydrogen (secondary N) is 1. The van der Waals surface area contributed by atoms with Gasteiger partial charge < -0.3 is 15.0 Å². The van der Waals surface area contributed by atoms with E-state index in [1.807, 2.05) is 4.90 Å². The van der Waals surface area contributed by atoms with E-state index in [4.69, 9.17) is 4.74 Å². The Labute approximate surface area is 201 Å². The summed E-state index contributed by atoms with van der Waals surface area (Å²) in [5.74, 6) is 0.0387. The molecule has 1 aromatic carbocycles. The zero-order valence-corrected chi connectivity index (χ0v) is 20.0. The van der Waals surface area contributed by atoms with E-state index in [-0.39, 0.29) is 23.8 Å². The summed E-state index contributed by atoms with van der Waals surface area (Å²) in [4.78, 5) is 27.8. The average molecular weight is 466 g/mol. The number of piperidine rings is 1. The first kappa shape index (κ1) is 23.0. The molecule has 2 amide bonds. The topological polar surface area (TPSA) is 89.4 Å². The predicted octanol–water partition coefficient (Wildman–Crippen LogP) is 3.55. The number of nitrogens with zero attached hydrogens (tertiary/aromatic N) is 4. The highest BCUT2D eigenvalue weighted by molar-refractivity contribution is 5.93. The number of aryl methyl sites for hydroxylation is 1. The number of carbonyl (C=O) groups excluding carboxylic acids is 2. The highest BCUT2D eigenvalue weighted by Crippen LogP contribution is 2.28. The molecule has 8 nitrogen and oxygen atoms in total. The fourth-order valence-corrected chi connectivity index (χ4v) is 5.40. The Morgan fingerprint density at radius 3 is 2.41 bits per heavy atom. The van der Waals surface area contributed by atoms with E-state index in [0.29, 0.717) is 50.8 Å². The smallest absolute Gasteiger partial charge is 0.276 e. The maximum atomic E-state index is 13.2. The largest absolute Gasteiger partial charge is 0.365 e. The van der Waals surface area contributed by atoms with Crippen molar-refractivity contribution in [2.45, 2.75) is 83.6 Å². The SMILES string of the molecule is Cc1ccc(C2Cn3nnc(C(=O)N4CCC(C(=O)NC5CCCCCC5)CC4)c3CO2)cc1. The lowest BCUT2D eigenvalue weighted by molar-refractivity contribution is -0.127. The molecule has 2 fully saturated rings. The number of fused-ring (bicyclic) bond motifs is 1. The summed E-state index contributed by atoms with van der Waals surface area (Å²) < 4.78 is 7.87. The van der Waals surface area contributed by atoms with Crippen molar-refractivity contribution in [1.29, 1.82) is 0 Å². The molecule has 1 atom stereocenters. The van der Waals surface area contributed by atoms with Gasteiger partial charge in [-0.2, -0.15) is 0 Å². The lowest BCUT2D eigenvalue weighted by atomic mass is 9.94. The molecule has 3 aliphatic rings. The number of hydrogen-bond donors (Lipinski definition) is 1. The lowest BCUT2D eigenvalue weighted by Gasteiger charge is -2.32. The van der Waals surface area contributed by atoms with Crippen LogP contribution in [0.2, 0.25) is 0 Å². The van der Waals surface area contributed by atoms with Crippen molar-refractivity contribution in [2.24, 2.45) is 5.92 Å². The summed E-state index contributed by atoms with van der Waals surface area (Å²) in [5.41, 5.74) is 3.42. The van der Waals surface area contributed by atoms with E-state index in [1.165, 1.54) is 31.2 Å². The Morgan fingerprint density at radius 1 is 1.00 bits per heavy atom. The Kier molecular flexibility index (Phi) is 6.94. The van der Waals surface area contributed by atoms with Crippen LogP contribution in [0.4, 0.5) is 0 Å². The molecule has 1 unspecified atom stereocenters. The fraction of sp³-hybridized carbons (Fsp3) is 0.615. The molecule has 1 saturated heterocycles. The highest BCUT2D eigenvalue weighted by atomic mass is 16.5. The second kappa shape index (κ2) is 10.3. The Bertz CT molecular complexity index is 1000. The van der Waals surface area contributed by atoms with Crippen molar-refractivity contribution >= 4 is 11.8 Å². The summed E-state index contributed by atoms with van der Waals surface area (Å²) in [6.07, 6.45) is 8.43. The van der Waals surface area contributed by atoms with Gasteiger partial charge in [0.1, 0.15) is 6.10 Å². The molecule has 1 N–H and O–H groups in total. The molecular weight excluding hydrogens is 430 g/mol. The van der Waals surface area contributed by atoms with Gasteiger partial charge in [-0.1, -0.05) is 60.7 Å². The molecule has 34 heavy (non-hydrogen) atoms. The summed E-state index contributed by atoms with van der Waals surface area (Å²) >= 11 is 0. The molecule has 1 aromatic heterocycles. The van der Waals surface area contributed by atoms with Crippen LogP contribution in [0.5, 0.6) is 0 Å². The Balaban J connectivity index is 1.16. The molecule has 0 radical (unpaired) electrons. The van der Waals surface area contributed by atoms with Crippen LogP contribution in [0.15, 0.2) is 24.3 Å². The Hall–Kier alpha value is -2.74. The highest BCUT2D eigenvalue weighted by Gasteiger charge is 2.33. The Morgan fingerprint density at radius 2 is 1.71 bits per heavy atom. The van der Waals surface area contributed by atoms with Gasteiger partial charge in [-0.15, -0.1) is 5.10 Å². The predicted molar refractivity (Wildman–Crippen MR) is 127 cm³/mol. The third-order valence-electron chi connectivity index (χ3n) is 7.60. The van der Waals surface area contributed by atoms with Crippen molar-refractivity contribution < 1.29 is 14.3 Å². The molecule has 0 bridgehead atoms. The minimum Gasteiger partial charge on any atom is -0.365 e. The lowest BCUT2D eigenvalue weighted by Crippen LogP contribution is -2.45. The first-order valence-corrected chi connectivity index (χ1v) is 12.8. The standard InChI is InChI=1S/C26H35N5O3/c1-18-8-10-19(11-9-18)23-16-31-22(17-34-23)24(28-29-31)26(33)30-14-12-20(13-15-30)25(32)27-21-6-4-2-3-5-7-21/h8-11,20-21,23H,2-7,12-17H2,1H3,(H,27,32). The van der Waals surface area contributed by atoms with Crippen molar-refractivity contribution in [3.63, 3.8) is 0 Å². The van der Waals surface area contributed by atoms with Gasteiger partial charge in [-0.05, 0) is 38.2 Å². The fourth-order valence-electron chi connectivity index (χ4n) is 5.40. The van der Waals surface area contributed by atoms with Crippen LogP contribution in [0.1, 0.15) is 84.8 Å². The summed E-state index contributed by atoms with van der Waals surface area (Å²) in [6.45, 7) is 4.06. The van der Waals surface area contributed by atoms with E-state index >= 15 is 0 Å². The molecule has 1 saturated carbocycles. The molecule has 182 valence electrons. The van der Waals surface area contributed by atoms with E-state index in [9.17, 15) is 9.59 Å². The number of carbonyl (C=O) groups is 2. The van der Waals surface area contributed by atoms with Crippen molar-refractivity contribution in [1.82, 2.24) is 25.2 Å². The van der Waals surface area contributed by atoms with Gasteiger partial charge in [0.05, 0.1) is 18.8 Å². The zero-order chi connectivity index (χ0) is 23.5. The molecule has 0 spiro atoms. The molecule has 3 heterocycles. The zero-order valence-electron chi connectivity index (χ0n) is 20.0. The van der Waals surface area contributed by atoms with Gasteiger partial charge >= 0.3 is 0 Å². The van der Waals surface area contributed by atoms with Gasteiger partial charge in [-0.3, -0.25) is 9.59 Å². The van der Waals surface area contributed by atoms with Crippen LogP contribution in [-0.2, 0) is 22.7 Å². The van der Waals surface area contributed by atoms with Crippen LogP contribution < -0.4 is 5.32 Å². The van der Waals surface area contributed by atoms with Crippen LogP contribution in [-0.4, -0.2) is 50.8 Å². The molecule has 2 aromatic rings. The number of rotatable bonds is 4. The van der Waals surface area contributed by atoms with Crippen LogP contribution in [0, 0.1) is 12.8 Å². The molecule has 5 rings (SSSR count). The second-order valence-corrected chi connectivity index (χ2v) is 10.0. The first-order valence-electron chi connectivity index (χ1n) is 12.8. The summed E-state index contributed by atoms with van der Waals surface area (Å²) in [5, 5.41) is 11.8. The minimum atomic E-state index is -0.110. The molecule has 8 heteroatoms.